The normalized spacial score (nSPS) is 12.2. The fourth-order valence-corrected chi connectivity index (χ4v) is 3.83. The van der Waals surface area contributed by atoms with E-state index >= 15 is 0 Å². The zero-order valence-electron chi connectivity index (χ0n) is 13.4. The van der Waals surface area contributed by atoms with Crippen LogP contribution in [0, 0.1) is 0 Å². The molecular formula is C15H18N4O3S2. The first kappa shape index (κ1) is 16.8. The first-order chi connectivity index (χ1) is 11.7. The number of nitrogens with zero attached hydrogens (tertiary/aromatic N) is 3. The Hall–Kier alpha value is -2.00. The predicted molar refractivity (Wildman–Crippen MR) is 93.8 cm³/mol. The summed E-state index contributed by atoms with van der Waals surface area (Å²) in [4.78, 5) is 14.3. The third kappa shape index (κ3) is 3.90. The molecule has 128 valence electrons. The van der Waals surface area contributed by atoms with Crippen LogP contribution in [-0.4, -0.2) is 47.1 Å². The zero-order valence-corrected chi connectivity index (χ0v) is 15.1. The number of thioether (sulfide) groups is 1. The first-order valence-corrected chi connectivity index (χ1v) is 9.30. The van der Waals surface area contributed by atoms with Crippen molar-refractivity contribution in [3.05, 3.63) is 23.8 Å². The van der Waals surface area contributed by atoms with E-state index in [9.17, 15) is 4.79 Å². The van der Waals surface area contributed by atoms with E-state index in [1.54, 1.807) is 7.05 Å². The molecule has 1 aromatic heterocycles. The fourth-order valence-electron chi connectivity index (χ4n) is 2.22. The highest BCUT2D eigenvalue weighted by molar-refractivity contribution is 8.01. The number of rotatable bonds is 7. The standard InChI is InChI=1S/C15H18N4O3S2/c1-3-19(7-10-4-5-11-12(6-10)22-9-21-11)13(20)8-23-15-18-17-14(16-2)24-15/h4-6H,3,7-9H2,1-2H3,(H,16,17). The molecule has 7 nitrogen and oxygen atoms in total. The minimum Gasteiger partial charge on any atom is -0.454 e. The highest BCUT2D eigenvalue weighted by Gasteiger charge is 2.17. The van der Waals surface area contributed by atoms with Crippen LogP contribution in [0.25, 0.3) is 0 Å². The van der Waals surface area contributed by atoms with Crippen LogP contribution < -0.4 is 14.8 Å². The molecule has 3 rings (SSSR count). The van der Waals surface area contributed by atoms with Crippen molar-refractivity contribution in [2.24, 2.45) is 0 Å². The largest absolute Gasteiger partial charge is 0.454 e. The van der Waals surface area contributed by atoms with Gasteiger partial charge in [-0.15, -0.1) is 10.2 Å². The number of ether oxygens (including phenoxy) is 2. The smallest absolute Gasteiger partial charge is 0.233 e. The van der Waals surface area contributed by atoms with E-state index in [0.29, 0.717) is 18.8 Å². The second-order valence-corrected chi connectivity index (χ2v) is 7.21. The molecule has 2 heterocycles. The van der Waals surface area contributed by atoms with E-state index < -0.39 is 0 Å². The number of anilines is 1. The van der Waals surface area contributed by atoms with Crippen molar-refractivity contribution in [1.29, 1.82) is 0 Å². The molecule has 0 saturated carbocycles. The molecular weight excluding hydrogens is 348 g/mol. The number of hydrogen-bond acceptors (Lipinski definition) is 8. The Morgan fingerprint density at radius 2 is 2.21 bits per heavy atom. The zero-order chi connectivity index (χ0) is 16.9. The van der Waals surface area contributed by atoms with Crippen LogP contribution in [0.3, 0.4) is 0 Å². The number of amides is 1. The lowest BCUT2D eigenvalue weighted by molar-refractivity contribution is -0.128. The van der Waals surface area contributed by atoms with Crippen molar-refractivity contribution in [1.82, 2.24) is 15.1 Å². The maximum absolute atomic E-state index is 12.5. The van der Waals surface area contributed by atoms with Gasteiger partial charge in [-0.2, -0.15) is 0 Å². The number of aromatic nitrogens is 2. The van der Waals surface area contributed by atoms with Gasteiger partial charge in [-0.25, -0.2) is 0 Å². The third-order valence-corrected chi connectivity index (χ3v) is 5.54. The van der Waals surface area contributed by atoms with Crippen LogP contribution in [0.2, 0.25) is 0 Å². The van der Waals surface area contributed by atoms with E-state index in [1.165, 1.54) is 23.1 Å². The molecule has 0 aliphatic carbocycles. The van der Waals surface area contributed by atoms with Gasteiger partial charge in [0.05, 0.1) is 5.75 Å². The maximum atomic E-state index is 12.5. The summed E-state index contributed by atoms with van der Waals surface area (Å²) in [5.41, 5.74) is 1.02. The van der Waals surface area contributed by atoms with Gasteiger partial charge in [0.15, 0.2) is 15.8 Å². The lowest BCUT2D eigenvalue weighted by atomic mass is 10.2. The number of carbonyl (C=O) groups excluding carboxylic acids is 1. The molecule has 0 unspecified atom stereocenters. The Bertz CT molecular complexity index is 722. The van der Waals surface area contributed by atoms with Crippen molar-refractivity contribution < 1.29 is 14.3 Å². The number of carbonyl (C=O) groups is 1. The highest BCUT2D eigenvalue weighted by Crippen LogP contribution is 2.33. The van der Waals surface area contributed by atoms with Crippen LogP contribution in [0.5, 0.6) is 11.5 Å². The second-order valence-electron chi connectivity index (χ2n) is 5.01. The lowest BCUT2D eigenvalue weighted by Crippen LogP contribution is -2.31. The fraction of sp³-hybridized carbons (Fsp3) is 0.400. The number of hydrogen-bond donors (Lipinski definition) is 1. The molecule has 1 aromatic carbocycles. The first-order valence-electron chi connectivity index (χ1n) is 7.50. The molecule has 24 heavy (non-hydrogen) atoms. The molecule has 0 saturated heterocycles. The molecule has 0 fully saturated rings. The molecule has 1 N–H and O–H groups in total. The van der Waals surface area contributed by atoms with Crippen molar-refractivity contribution in [3.63, 3.8) is 0 Å². The number of nitrogens with one attached hydrogen (secondary N) is 1. The molecule has 0 spiro atoms. The summed E-state index contributed by atoms with van der Waals surface area (Å²) in [5.74, 6) is 1.90. The summed E-state index contributed by atoms with van der Waals surface area (Å²) in [7, 11) is 1.80. The summed E-state index contributed by atoms with van der Waals surface area (Å²) >= 11 is 2.85. The molecule has 1 aliphatic heterocycles. The molecule has 1 aliphatic rings. The molecule has 1 amide bonds. The summed E-state index contributed by atoms with van der Waals surface area (Å²) in [6, 6.07) is 5.77. The van der Waals surface area contributed by atoms with E-state index in [4.69, 9.17) is 9.47 Å². The van der Waals surface area contributed by atoms with Crippen LogP contribution in [0.1, 0.15) is 12.5 Å². The predicted octanol–water partition coefficient (Wildman–Crippen LogP) is 2.45. The lowest BCUT2D eigenvalue weighted by Gasteiger charge is -2.20. The Morgan fingerprint density at radius 1 is 1.38 bits per heavy atom. The van der Waals surface area contributed by atoms with Crippen molar-refractivity contribution in [2.45, 2.75) is 17.8 Å². The van der Waals surface area contributed by atoms with Crippen LogP contribution in [0.15, 0.2) is 22.5 Å². The molecule has 0 radical (unpaired) electrons. The molecule has 9 heteroatoms. The third-order valence-electron chi connectivity index (χ3n) is 3.48. The van der Waals surface area contributed by atoms with E-state index in [0.717, 1.165) is 26.5 Å². The average Bonchev–Trinajstić information content (AvgIpc) is 3.25. The minimum absolute atomic E-state index is 0.0707. The van der Waals surface area contributed by atoms with Crippen molar-refractivity contribution in [2.75, 3.05) is 31.5 Å². The van der Waals surface area contributed by atoms with Gasteiger partial charge in [-0.3, -0.25) is 4.79 Å². The van der Waals surface area contributed by atoms with E-state index in [-0.39, 0.29) is 12.7 Å². The van der Waals surface area contributed by atoms with E-state index in [2.05, 4.69) is 15.5 Å². The van der Waals surface area contributed by atoms with Gasteiger partial charge in [-0.05, 0) is 24.6 Å². The Balaban J connectivity index is 1.57. The number of benzene rings is 1. The Labute approximate surface area is 148 Å². The summed E-state index contributed by atoms with van der Waals surface area (Å²) < 4.78 is 11.5. The summed E-state index contributed by atoms with van der Waals surface area (Å²) in [5, 5.41) is 11.7. The summed E-state index contributed by atoms with van der Waals surface area (Å²) in [6.07, 6.45) is 0. The SMILES string of the molecule is CCN(Cc1ccc2c(c1)OCO2)C(=O)CSc1nnc(NC)s1. The van der Waals surface area contributed by atoms with Gasteiger partial charge in [0.2, 0.25) is 17.8 Å². The van der Waals surface area contributed by atoms with Crippen molar-refractivity contribution in [3.8, 4) is 11.5 Å². The van der Waals surface area contributed by atoms with Gasteiger partial charge >= 0.3 is 0 Å². The van der Waals surface area contributed by atoms with E-state index in [1.807, 2.05) is 30.0 Å². The van der Waals surface area contributed by atoms with Gasteiger partial charge in [-0.1, -0.05) is 29.2 Å². The summed E-state index contributed by atoms with van der Waals surface area (Å²) in [6.45, 7) is 3.41. The monoisotopic (exact) mass is 366 g/mol. The van der Waals surface area contributed by atoms with Gasteiger partial charge in [0.25, 0.3) is 0 Å². The molecule has 2 aromatic rings. The van der Waals surface area contributed by atoms with Crippen LogP contribution in [-0.2, 0) is 11.3 Å². The average molecular weight is 366 g/mol. The topological polar surface area (TPSA) is 76.6 Å². The number of fused-ring (bicyclic) bond motifs is 1. The van der Waals surface area contributed by atoms with Gasteiger partial charge < -0.3 is 19.7 Å². The Morgan fingerprint density at radius 3 is 2.96 bits per heavy atom. The van der Waals surface area contributed by atoms with Crippen molar-refractivity contribution >= 4 is 34.1 Å². The van der Waals surface area contributed by atoms with Crippen LogP contribution >= 0.6 is 23.1 Å². The van der Waals surface area contributed by atoms with Crippen LogP contribution in [0.4, 0.5) is 5.13 Å². The van der Waals surface area contributed by atoms with Gasteiger partial charge in [0, 0.05) is 20.1 Å². The second kappa shape index (κ2) is 7.71. The minimum atomic E-state index is 0.0707. The van der Waals surface area contributed by atoms with Gasteiger partial charge in [0.1, 0.15) is 0 Å². The quantitative estimate of drug-likeness (QED) is 0.754. The highest BCUT2D eigenvalue weighted by atomic mass is 32.2. The maximum Gasteiger partial charge on any atom is 0.233 e. The molecule has 0 bridgehead atoms. The Kier molecular flexibility index (Phi) is 5.41. The molecule has 0 atom stereocenters.